The molecule has 5 nitrogen and oxygen atoms in total. The highest BCUT2D eigenvalue weighted by atomic mass is 16.5. The molecule has 0 unspecified atom stereocenters. The summed E-state index contributed by atoms with van der Waals surface area (Å²) in [6, 6.07) is 16.3. The van der Waals surface area contributed by atoms with E-state index in [0.29, 0.717) is 12.1 Å². The van der Waals surface area contributed by atoms with E-state index in [0.717, 1.165) is 22.0 Å². The molecule has 0 N–H and O–H groups in total. The topological polar surface area (TPSA) is 59.5 Å². The van der Waals surface area contributed by atoms with E-state index in [2.05, 4.69) is 4.98 Å². The predicted octanol–water partition coefficient (Wildman–Crippen LogP) is 2.98. The van der Waals surface area contributed by atoms with E-state index in [4.69, 9.17) is 4.74 Å². The van der Waals surface area contributed by atoms with Crippen LogP contribution in [-0.4, -0.2) is 30.0 Å². The van der Waals surface area contributed by atoms with Crippen molar-refractivity contribution in [3.05, 3.63) is 72.1 Å². The van der Waals surface area contributed by atoms with Crippen molar-refractivity contribution in [3.63, 3.8) is 0 Å². The number of amides is 1. The van der Waals surface area contributed by atoms with Gasteiger partial charge in [-0.1, -0.05) is 42.5 Å². The molecule has 0 aliphatic carbocycles. The molecule has 25 heavy (non-hydrogen) atoms. The predicted molar refractivity (Wildman–Crippen MR) is 94.5 cm³/mol. The standard InChI is InChI=1S/C20H16N2O3/c1-25-20(24)17-12-14-7-3-5-9-16(14)22(17)19(23)18-15-8-4-2-6-13(15)10-11-21-18/h2-11,17H,12H2,1H3/t17-/m0/s1. The van der Waals surface area contributed by atoms with Gasteiger partial charge in [0.25, 0.3) is 5.91 Å². The number of carbonyl (C=O) groups excluding carboxylic acids is 2. The molecule has 1 amide bonds. The Hall–Kier alpha value is -3.21. The zero-order valence-corrected chi connectivity index (χ0v) is 13.7. The van der Waals surface area contributed by atoms with Gasteiger partial charge >= 0.3 is 5.97 Å². The Morgan fingerprint density at radius 3 is 2.68 bits per heavy atom. The van der Waals surface area contributed by atoms with E-state index >= 15 is 0 Å². The average Bonchev–Trinajstić information content (AvgIpc) is 3.06. The minimum atomic E-state index is -0.671. The van der Waals surface area contributed by atoms with Gasteiger partial charge in [0.1, 0.15) is 11.7 Å². The summed E-state index contributed by atoms with van der Waals surface area (Å²) in [6.45, 7) is 0. The van der Waals surface area contributed by atoms with Gasteiger partial charge in [0.2, 0.25) is 0 Å². The van der Waals surface area contributed by atoms with Crippen molar-refractivity contribution < 1.29 is 14.3 Å². The summed E-state index contributed by atoms with van der Waals surface area (Å²) in [5, 5.41) is 1.70. The van der Waals surface area contributed by atoms with E-state index in [1.165, 1.54) is 12.0 Å². The third-order valence-corrected chi connectivity index (χ3v) is 4.54. The molecule has 1 aromatic heterocycles. The van der Waals surface area contributed by atoms with Crippen molar-refractivity contribution in [2.24, 2.45) is 0 Å². The van der Waals surface area contributed by atoms with Crippen LogP contribution in [0.2, 0.25) is 0 Å². The van der Waals surface area contributed by atoms with Crippen molar-refractivity contribution >= 4 is 28.3 Å². The first-order chi connectivity index (χ1) is 12.2. The van der Waals surface area contributed by atoms with Gasteiger partial charge in [0.05, 0.1) is 7.11 Å². The van der Waals surface area contributed by atoms with Gasteiger partial charge < -0.3 is 4.74 Å². The fourth-order valence-electron chi connectivity index (χ4n) is 3.37. The average molecular weight is 332 g/mol. The Kier molecular flexibility index (Phi) is 3.69. The van der Waals surface area contributed by atoms with Crippen LogP contribution >= 0.6 is 0 Å². The molecule has 124 valence electrons. The molecule has 0 radical (unpaired) electrons. The molecule has 0 saturated carbocycles. The Morgan fingerprint density at radius 2 is 1.84 bits per heavy atom. The second kappa shape index (κ2) is 6.02. The second-order valence-electron chi connectivity index (χ2n) is 5.93. The highest BCUT2D eigenvalue weighted by molar-refractivity contribution is 6.15. The van der Waals surface area contributed by atoms with Crippen LogP contribution in [0.5, 0.6) is 0 Å². The summed E-state index contributed by atoms with van der Waals surface area (Å²) in [6.07, 6.45) is 2.06. The molecule has 2 heterocycles. The highest BCUT2D eigenvalue weighted by Crippen LogP contribution is 2.34. The van der Waals surface area contributed by atoms with Gasteiger partial charge in [-0.25, -0.2) is 4.79 Å². The number of esters is 1. The molecule has 2 aromatic carbocycles. The summed E-state index contributed by atoms with van der Waals surface area (Å²) < 4.78 is 4.92. The summed E-state index contributed by atoms with van der Waals surface area (Å²) in [7, 11) is 1.34. The molecule has 0 saturated heterocycles. The van der Waals surface area contributed by atoms with Crippen LogP contribution in [0, 0.1) is 0 Å². The Bertz CT molecular complexity index is 978. The smallest absolute Gasteiger partial charge is 0.329 e. The fourth-order valence-corrected chi connectivity index (χ4v) is 3.37. The zero-order chi connectivity index (χ0) is 17.4. The lowest BCUT2D eigenvalue weighted by atomic mass is 10.1. The van der Waals surface area contributed by atoms with Crippen molar-refractivity contribution in [2.45, 2.75) is 12.5 Å². The van der Waals surface area contributed by atoms with Gasteiger partial charge in [-0.05, 0) is 23.1 Å². The number of methoxy groups -OCH3 is 1. The maximum Gasteiger partial charge on any atom is 0.329 e. The third kappa shape index (κ3) is 2.45. The zero-order valence-electron chi connectivity index (χ0n) is 13.7. The van der Waals surface area contributed by atoms with Crippen LogP contribution in [0.15, 0.2) is 60.8 Å². The number of rotatable bonds is 2. The van der Waals surface area contributed by atoms with Crippen molar-refractivity contribution in [2.75, 3.05) is 12.0 Å². The van der Waals surface area contributed by atoms with Gasteiger partial charge in [-0.3, -0.25) is 14.7 Å². The van der Waals surface area contributed by atoms with Crippen molar-refractivity contribution in [3.8, 4) is 0 Å². The summed E-state index contributed by atoms with van der Waals surface area (Å²) in [4.78, 5) is 31.4. The van der Waals surface area contributed by atoms with Gasteiger partial charge in [-0.15, -0.1) is 0 Å². The van der Waals surface area contributed by atoms with E-state index < -0.39 is 12.0 Å². The molecule has 0 spiro atoms. The van der Waals surface area contributed by atoms with Crippen LogP contribution in [-0.2, 0) is 16.0 Å². The summed E-state index contributed by atoms with van der Waals surface area (Å²) in [5.74, 6) is -0.720. The normalized spacial score (nSPS) is 15.9. The monoisotopic (exact) mass is 332 g/mol. The number of hydrogen-bond donors (Lipinski definition) is 0. The van der Waals surface area contributed by atoms with E-state index in [1.807, 2.05) is 54.6 Å². The molecule has 4 rings (SSSR count). The van der Waals surface area contributed by atoms with Crippen molar-refractivity contribution in [1.82, 2.24) is 4.98 Å². The van der Waals surface area contributed by atoms with E-state index in [9.17, 15) is 9.59 Å². The molecule has 0 bridgehead atoms. The first-order valence-electron chi connectivity index (χ1n) is 8.04. The Labute approximate surface area is 144 Å². The second-order valence-corrected chi connectivity index (χ2v) is 5.93. The summed E-state index contributed by atoms with van der Waals surface area (Å²) in [5.41, 5.74) is 2.02. The lowest BCUT2D eigenvalue weighted by Gasteiger charge is -2.23. The number of anilines is 1. The number of fused-ring (bicyclic) bond motifs is 2. The Balaban J connectivity index is 1.85. The minimum absolute atomic E-state index is 0.294. The molecule has 5 heteroatoms. The number of nitrogens with zero attached hydrogens (tertiary/aromatic N) is 2. The number of ether oxygens (including phenoxy) is 1. The lowest BCUT2D eigenvalue weighted by molar-refractivity contribution is -0.141. The maximum absolute atomic E-state index is 13.3. The molecular formula is C20H16N2O3. The third-order valence-electron chi connectivity index (χ3n) is 4.54. The van der Waals surface area contributed by atoms with Crippen LogP contribution < -0.4 is 4.90 Å². The molecule has 3 aromatic rings. The quantitative estimate of drug-likeness (QED) is 0.677. The number of aromatic nitrogens is 1. The first kappa shape index (κ1) is 15.3. The Morgan fingerprint density at radius 1 is 1.08 bits per heavy atom. The molecule has 1 aliphatic rings. The number of pyridine rings is 1. The highest BCUT2D eigenvalue weighted by Gasteiger charge is 2.40. The number of para-hydroxylation sites is 1. The van der Waals surface area contributed by atoms with Crippen molar-refractivity contribution in [1.29, 1.82) is 0 Å². The maximum atomic E-state index is 13.3. The largest absolute Gasteiger partial charge is 0.467 e. The molecule has 1 aliphatic heterocycles. The first-order valence-corrected chi connectivity index (χ1v) is 8.04. The van der Waals surface area contributed by atoms with Crippen LogP contribution in [0.1, 0.15) is 16.1 Å². The number of benzene rings is 2. The van der Waals surface area contributed by atoms with Gasteiger partial charge in [0.15, 0.2) is 0 Å². The fraction of sp³-hybridized carbons (Fsp3) is 0.150. The van der Waals surface area contributed by atoms with E-state index in [-0.39, 0.29) is 5.91 Å². The van der Waals surface area contributed by atoms with Crippen LogP contribution in [0.25, 0.3) is 10.8 Å². The van der Waals surface area contributed by atoms with Crippen LogP contribution in [0.3, 0.4) is 0 Å². The number of hydrogen-bond acceptors (Lipinski definition) is 4. The molecule has 1 atom stereocenters. The number of carbonyl (C=O) groups is 2. The van der Waals surface area contributed by atoms with Gasteiger partial charge in [0, 0.05) is 23.7 Å². The van der Waals surface area contributed by atoms with Crippen LogP contribution in [0.4, 0.5) is 5.69 Å². The lowest BCUT2D eigenvalue weighted by Crippen LogP contribution is -2.43. The molecule has 0 fully saturated rings. The minimum Gasteiger partial charge on any atom is -0.467 e. The SMILES string of the molecule is COC(=O)[C@@H]1Cc2ccccc2N1C(=O)c1nccc2ccccc12. The van der Waals surface area contributed by atoms with E-state index in [1.54, 1.807) is 6.20 Å². The summed E-state index contributed by atoms with van der Waals surface area (Å²) >= 11 is 0. The molecular weight excluding hydrogens is 316 g/mol. The van der Waals surface area contributed by atoms with Gasteiger partial charge in [-0.2, -0.15) is 0 Å².